The third-order valence-corrected chi connectivity index (χ3v) is 5.15. The fourth-order valence-electron chi connectivity index (χ4n) is 3.69. The summed E-state index contributed by atoms with van der Waals surface area (Å²) in [5, 5.41) is 5.47. The van der Waals surface area contributed by atoms with Crippen molar-refractivity contribution in [3.8, 4) is 0 Å². The minimum Gasteiger partial charge on any atom is -0.381 e. The number of benzene rings is 1. The molecule has 3 nitrogen and oxygen atoms in total. The molecule has 148 valence electrons. The molecule has 2 aliphatic rings. The second kappa shape index (κ2) is 11.0. The summed E-state index contributed by atoms with van der Waals surface area (Å²) in [5.41, 5.74) is 2.01. The first-order valence-corrected chi connectivity index (χ1v) is 9.99. The van der Waals surface area contributed by atoms with Gasteiger partial charge in [0.05, 0.1) is 5.52 Å². The van der Waals surface area contributed by atoms with E-state index < -0.39 is 0 Å². The van der Waals surface area contributed by atoms with Crippen LogP contribution in [0.2, 0.25) is 5.02 Å². The van der Waals surface area contributed by atoms with E-state index in [-0.39, 0.29) is 23.1 Å². The zero-order chi connectivity index (χ0) is 19.3. The minimum absolute atomic E-state index is 0. The summed E-state index contributed by atoms with van der Waals surface area (Å²) >= 11 is 6.11. The monoisotopic (exact) mass is 445 g/mol. The van der Waals surface area contributed by atoms with Gasteiger partial charge >= 0.3 is 17.1 Å². The van der Waals surface area contributed by atoms with Gasteiger partial charge in [-0.1, -0.05) is 11.6 Å². The fourth-order valence-corrected chi connectivity index (χ4v) is 3.85. The Balaban J connectivity index is 0.00000240. The Morgan fingerprint density at radius 2 is 1.59 bits per heavy atom. The maximum absolute atomic E-state index is 6.11. The van der Waals surface area contributed by atoms with Crippen LogP contribution in [0, 0.1) is 63.2 Å². The van der Waals surface area contributed by atoms with Crippen LogP contribution in [-0.2, 0) is 17.1 Å². The number of nitrogens with zero attached hydrogens (tertiary/aromatic N) is 2. The van der Waals surface area contributed by atoms with Crippen LogP contribution in [0.1, 0.15) is 6.92 Å². The Labute approximate surface area is 191 Å². The van der Waals surface area contributed by atoms with E-state index >= 15 is 0 Å². The maximum Gasteiger partial charge on any atom is 2.00 e. The van der Waals surface area contributed by atoms with Gasteiger partial charge in [-0.15, -0.1) is 0 Å². The molecule has 2 aromatic rings. The summed E-state index contributed by atoms with van der Waals surface area (Å²) in [6.45, 7) is 5.05. The number of halogens is 1. The van der Waals surface area contributed by atoms with Crippen LogP contribution in [0.15, 0.2) is 30.5 Å². The molecule has 4 rings (SSSR count). The Hall–Kier alpha value is -0.801. The van der Waals surface area contributed by atoms with Gasteiger partial charge in [0.2, 0.25) is 0 Å². The molecule has 1 unspecified atom stereocenters. The number of hydrogen-bond donors (Lipinski definition) is 1. The van der Waals surface area contributed by atoms with Crippen molar-refractivity contribution >= 4 is 28.2 Å². The summed E-state index contributed by atoms with van der Waals surface area (Å²) < 4.78 is 0. The molecule has 2 fully saturated rings. The van der Waals surface area contributed by atoms with Crippen molar-refractivity contribution in [1.82, 2.24) is 9.88 Å². The fraction of sp³-hybridized carbons (Fsp3) is 0.208. The van der Waals surface area contributed by atoms with Crippen molar-refractivity contribution in [1.29, 1.82) is 0 Å². The van der Waals surface area contributed by atoms with Crippen LogP contribution >= 0.6 is 11.6 Å². The van der Waals surface area contributed by atoms with Gasteiger partial charge in [0, 0.05) is 48.0 Å². The smallest absolute Gasteiger partial charge is 0.381 e. The molecule has 2 aliphatic carbocycles. The summed E-state index contributed by atoms with van der Waals surface area (Å²) in [4.78, 5) is 6.92. The molecule has 0 spiro atoms. The number of pyridine rings is 1. The number of hydrogen-bond acceptors (Lipinski definition) is 3. The zero-order valence-electron chi connectivity index (χ0n) is 16.3. The van der Waals surface area contributed by atoms with E-state index in [1.54, 1.807) is 0 Å². The Morgan fingerprint density at radius 1 is 0.966 bits per heavy atom. The van der Waals surface area contributed by atoms with E-state index in [9.17, 15) is 0 Å². The van der Waals surface area contributed by atoms with Crippen molar-refractivity contribution in [2.75, 3.05) is 25.0 Å². The third kappa shape index (κ3) is 6.34. The number of aromatic nitrogens is 1. The predicted molar refractivity (Wildman–Crippen MR) is 117 cm³/mol. The first-order chi connectivity index (χ1) is 13.7. The van der Waals surface area contributed by atoms with Crippen LogP contribution in [0.25, 0.3) is 10.9 Å². The van der Waals surface area contributed by atoms with Crippen molar-refractivity contribution in [3.63, 3.8) is 0 Å². The van der Waals surface area contributed by atoms with Crippen molar-refractivity contribution < 1.29 is 17.1 Å². The molecular formula is C24H24ClFeN3+2. The van der Waals surface area contributed by atoms with Gasteiger partial charge in [0.25, 0.3) is 0 Å². The van der Waals surface area contributed by atoms with E-state index in [0.717, 1.165) is 36.2 Å². The van der Waals surface area contributed by atoms with Gasteiger partial charge in [0.15, 0.2) is 0 Å². The van der Waals surface area contributed by atoms with Gasteiger partial charge in [-0.2, -0.15) is 0 Å². The van der Waals surface area contributed by atoms with Crippen LogP contribution in [0.5, 0.6) is 0 Å². The topological polar surface area (TPSA) is 28.2 Å². The molecule has 1 N–H and O–H groups in total. The van der Waals surface area contributed by atoms with Crippen molar-refractivity contribution in [2.45, 2.75) is 13.0 Å². The number of rotatable bonds is 8. The zero-order valence-corrected chi connectivity index (χ0v) is 18.2. The van der Waals surface area contributed by atoms with Crippen molar-refractivity contribution in [2.24, 2.45) is 0 Å². The SMILES string of the molecule is CC(CN(C[C]1[CH][CH][CH][CH]1)C[C]1[CH][CH][CH][CH]1)Nc1ccnc2cc(Cl)ccc12.[Fe+2]. The van der Waals surface area contributed by atoms with Gasteiger partial charge in [-0.3, -0.25) is 4.98 Å². The Morgan fingerprint density at radius 3 is 2.21 bits per heavy atom. The van der Waals surface area contributed by atoms with Gasteiger partial charge in [0.1, 0.15) is 0 Å². The Kier molecular flexibility index (Phi) is 8.68. The summed E-state index contributed by atoms with van der Waals surface area (Å²) in [7, 11) is 0. The van der Waals surface area contributed by atoms with Gasteiger partial charge in [-0.25, -0.2) is 0 Å². The predicted octanol–water partition coefficient (Wildman–Crippen LogP) is 4.80. The maximum atomic E-state index is 6.11. The summed E-state index contributed by atoms with van der Waals surface area (Å²) in [6.07, 6.45) is 19.0. The number of fused-ring (bicyclic) bond motifs is 1. The Bertz CT molecular complexity index is 754. The average molecular weight is 446 g/mol. The molecule has 0 saturated heterocycles. The van der Waals surface area contributed by atoms with E-state index in [1.807, 2.05) is 30.5 Å². The molecule has 0 bridgehead atoms. The molecule has 1 heterocycles. The quantitative estimate of drug-likeness (QED) is 0.592. The summed E-state index contributed by atoms with van der Waals surface area (Å²) in [5.74, 6) is 2.70. The normalized spacial score (nSPS) is 19.0. The van der Waals surface area contributed by atoms with Crippen molar-refractivity contribution in [3.05, 3.63) is 98.7 Å². The van der Waals surface area contributed by atoms with E-state index in [4.69, 9.17) is 11.6 Å². The molecule has 2 saturated carbocycles. The standard InChI is InChI=1S/C24H24ClN3.Fe/c1-18(27-23-12-13-26-24-14-21(25)10-11-22(23)24)15-28(16-19-6-2-3-7-19)17-20-8-4-5-9-20;/h2-14,18H,15-17H2,1H3,(H,26,27);/q;+2. The first-order valence-electron chi connectivity index (χ1n) is 9.62. The molecule has 10 radical (unpaired) electrons. The third-order valence-electron chi connectivity index (χ3n) is 4.91. The van der Waals surface area contributed by atoms with Gasteiger partial charge < -0.3 is 10.2 Å². The molecule has 1 aromatic carbocycles. The molecule has 0 amide bonds. The van der Waals surface area contributed by atoms with E-state index in [2.05, 4.69) is 73.5 Å². The second-order valence-electron chi connectivity index (χ2n) is 7.32. The second-order valence-corrected chi connectivity index (χ2v) is 7.76. The molecular weight excluding hydrogens is 422 g/mol. The molecule has 5 heteroatoms. The van der Waals surface area contributed by atoms with E-state index in [1.165, 1.54) is 11.8 Å². The average Bonchev–Trinajstić information content (AvgIpc) is 3.36. The summed E-state index contributed by atoms with van der Waals surface area (Å²) in [6, 6.07) is 8.17. The largest absolute Gasteiger partial charge is 2.00 e. The van der Waals surface area contributed by atoms with E-state index in [0.29, 0.717) is 5.02 Å². The molecule has 1 aromatic heterocycles. The van der Waals surface area contributed by atoms with Crippen LogP contribution in [-0.4, -0.2) is 35.6 Å². The van der Waals surface area contributed by atoms with Crippen LogP contribution < -0.4 is 5.32 Å². The van der Waals surface area contributed by atoms with Gasteiger partial charge in [-0.05, 0) is 94.4 Å². The molecule has 29 heavy (non-hydrogen) atoms. The first kappa shape index (κ1) is 22.9. The van der Waals surface area contributed by atoms with Crippen LogP contribution in [0.3, 0.4) is 0 Å². The minimum atomic E-state index is 0. The molecule has 1 atom stereocenters. The number of nitrogens with one attached hydrogen (secondary N) is 1. The number of anilines is 1. The molecule has 0 aliphatic heterocycles. The van der Waals surface area contributed by atoms with Crippen LogP contribution in [0.4, 0.5) is 5.69 Å².